The summed E-state index contributed by atoms with van der Waals surface area (Å²) in [6.45, 7) is 2.09. The fourth-order valence-electron chi connectivity index (χ4n) is 1.56. The van der Waals surface area contributed by atoms with Crippen molar-refractivity contribution < 1.29 is 23.4 Å². The molecule has 5 nitrogen and oxygen atoms in total. The summed E-state index contributed by atoms with van der Waals surface area (Å²) < 4.78 is 31.3. The molecule has 0 aliphatic heterocycles. The Kier molecular flexibility index (Phi) is 6.17. The smallest absolute Gasteiger partial charge is 0.319 e. The molecule has 0 bridgehead atoms. The van der Waals surface area contributed by atoms with Gasteiger partial charge in [-0.05, 0) is 12.8 Å². The Hall–Kier alpha value is -1.89. The van der Waals surface area contributed by atoms with Crippen molar-refractivity contribution in [1.29, 1.82) is 0 Å². The van der Waals surface area contributed by atoms with Gasteiger partial charge in [-0.3, -0.25) is 0 Å². The van der Waals surface area contributed by atoms with Crippen LogP contribution >= 0.6 is 0 Å². The van der Waals surface area contributed by atoms with Gasteiger partial charge in [0.05, 0.1) is 13.2 Å². The average Bonchev–Trinajstić information content (AvgIpc) is 2.38. The molecule has 0 saturated carbocycles. The lowest BCUT2D eigenvalue weighted by Crippen LogP contribution is -2.31. The first kappa shape index (κ1) is 16.2. The normalized spacial score (nSPS) is 11.8. The number of hydrogen-bond donors (Lipinski definition) is 3. The van der Waals surface area contributed by atoms with Crippen molar-refractivity contribution in [2.75, 3.05) is 19.0 Å². The van der Waals surface area contributed by atoms with Crippen molar-refractivity contribution in [3.63, 3.8) is 0 Å². The Bertz CT molecular complexity index is 446. The minimum Gasteiger partial charge on any atom is -0.491 e. The molecule has 0 spiro atoms. The quantitative estimate of drug-likeness (QED) is 0.752. The number of ether oxygens (including phenoxy) is 1. The van der Waals surface area contributed by atoms with Gasteiger partial charge in [0.25, 0.3) is 0 Å². The van der Waals surface area contributed by atoms with Crippen LogP contribution in [0.5, 0.6) is 5.75 Å². The largest absolute Gasteiger partial charge is 0.491 e. The predicted molar refractivity (Wildman–Crippen MR) is 70.8 cm³/mol. The van der Waals surface area contributed by atoms with E-state index in [-0.39, 0.29) is 12.2 Å². The highest BCUT2D eigenvalue weighted by molar-refractivity contribution is 5.89. The summed E-state index contributed by atoms with van der Waals surface area (Å²) in [5.41, 5.74) is -0.0191. The molecule has 0 aliphatic carbocycles. The van der Waals surface area contributed by atoms with Crippen LogP contribution < -0.4 is 15.4 Å². The zero-order chi connectivity index (χ0) is 15.1. The van der Waals surface area contributed by atoms with Gasteiger partial charge < -0.3 is 20.5 Å². The van der Waals surface area contributed by atoms with Crippen LogP contribution in [0, 0.1) is 11.6 Å². The molecule has 1 unspecified atom stereocenters. The van der Waals surface area contributed by atoms with Gasteiger partial charge in [-0.15, -0.1) is 0 Å². The highest BCUT2D eigenvalue weighted by atomic mass is 19.1. The highest BCUT2D eigenvalue weighted by Crippen LogP contribution is 2.25. The van der Waals surface area contributed by atoms with Crippen molar-refractivity contribution in [3.05, 3.63) is 23.8 Å². The SMILES string of the molecule is CCC(O)CCNC(=O)Nc1cc(F)c(OC)c(F)c1. The third kappa shape index (κ3) is 4.65. The van der Waals surface area contributed by atoms with E-state index in [1.54, 1.807) is 0 Å². The van der Waals surface area contributed by atoms with Gasteiger partial charge in [-0.1, -0.05) is 6.92 Å². The minimum absolute atomic E-state index is 0.0191. The fourth-order valence-corrected chi connectivity index (χ4v) is 1.56. The summed E-state index contributed by atoms with van der Waals surface area (Å²) in [6, 6.07) is 1.32. The Balaban J connectivity index is 2.54. The molecule has 1 rings (SSSR count). The van der Waals surface area contributed by atoms with Gasteiger partial charge in [-0.25, -0.2) is 13.6 Å². The van der Waals surface area contributed by atoms with Crippen LogP contribution in [-0.4, -0.2) is 30.9 Å². The maximum atomic E-state index is 13.4. The van der Waals surface area contributed by atoms with Crippen molar-refractivity contribution in [2.45, 2.75) is 25.9 Å². The molecule has 0 saturated heterocycles. The van der Waals surface area contributed by atoms with Gasteiger partial charge in [0.15, 0.2) is 17.4 Å². The second-order valence-corrected chi connectivity index (χ2v) is 4.20. The second-order valence-electron chi connectivity index (χ2n) is 4.20. The number of halogens is 2. The van der Waals surface area contributed by atoms with Crippen LogP contribution in [0.2, 0.25) is 0 Å². The van der Waals surface area contributed by atoms with Crippen molar-refractivity contribution in [3.8, 4) is 5.75 Å². The maximum absolute atomic E-state index is 13.4. The number of hydrogen-bond acceptors (Lipinski definition) is 3. The molecule has 1 aromatic rings. The lowest BCUT2D eigenvalue weighted by molar-refractivity contribution is 0.160. The Labute approximate surface area is 115 Å². The summed E-state index contributed by atoms with van der Waals surface area (Å²) in [5.74, 6) is -2.30. The molecule has 3 N–H and O–H groups in total. The molecule has 112 valence electrons. The topological polar surface area (TPSA) is 70.6 Å². The average molecular weight is 288 g/mol. The van der Waals surface area contributed by atoms with Crippen LogP contribution in [0.25, 0.3) is 0 Å². The van der Waals surface area contributed by atoms with Crippen molar-refractivity contribution in [2.24, 2.45) is 0 Å². The van der Waals surface area contributed by atoms with Gasteiger partial charge in [0.2, 0.25) is 0 Å². The molecule has 0 fully saturated rings. The number of aliphatic hydroxyl groups excluding tert-OH is 1. The Morgan fingerprint density at radius 3 is 2.50 bits per heavy atom. The summed E-state index contributed by atoms with van der Waals surface area (Å²) >= 11 is 0. The molecule has 0 aromatic heterocycles. The van der Waals surface area contributed by atoms with Gasteiger partial charge >= 0.3 is 6.03 Å². The monoisotopic (exact) mass is 288 g/mol. The van der Waals surface area contributed by atoms with Crippen molar-refractivity contribution >= 4 is 11.7 Å². The molecular weight excluding hydrogens is 270 g/mol. The van der Waals surface area contributed by atoms with Gasteiger partial charge in [-0.2, -0.15) is 0 Å². The highest BCUT2D eigenvalue weighted by Gasteiger charge is 2.13. The third-order valence-electron chi connectivity index (χ3n) is 2.69. The molecule has 1 atom stereocenters. The van der Waals surface area contributed by atoms with E-state index in [9.17, 15) is 18.7 Å². The number of rotatable bonds is 6. The van der Waals surface area contributed by atoms with Gasteiger partial charge in [0, 0.05) is 24.4 Å². The van der Waals surface area contributed by atoms with Crippen LogP contribution in [0.4, 0.5) is 19.3 Å². The number of amides is 2. The van der Waals surface area contributed by atoms with E-state index in [2.05, 4.69) is 15.4 Å². The third-order valence-corrected chi connectivity index (χ3v) is 2.69. The first-order valence-corrected chi connectivity index (χ1v) is 6.23. The first-order chi connectivity index (χ1) is 9.47. The van der Waals surface area contributed by atoms with Crippen LogP contribution in [0.15, 0.2) is 12.1 Å². The minimum atomic E-state index is -0.899. The van der Waals surface area contributed by atoms with Crippen molar-refractivity contribution in [1.82, 2.24) is 5.32 Å². The maximum Gasteiger partial charge on any atom is 0.319 e. The number of nitrogens with one attached hydrogen (secondary N) is 2. The van der Waals surface area contributed by atoms with E-state index in [0.29, 0.717) is 12.8 Å². The molecule has 2 amide bonds. The second kappa shape index (κ2) is 7.64. The Morgan fingerprint density at radius 2 is 2.00 bits per heavy atom. The number of anilines is 1. The number of carbonyl (C=O) groups is 1. The fraction of sp³-hybridized carbons (Fsp3) is 0.462. The number of carbonyl (C=O) groups excluding carboxylic acids is 1. The zero-order valence-corrected chi connectivity index (χ0v) is 11.4. The van der Waals surface area contributed by atoms with E-state index >= 15 is 0 Å². The van der Waals surface area contributed by atoms with E-state index in [1.807, 2.05) is 6.92 Å². The first-order valence-electron chi connectivity index (χ1n) is 6.23. The summed E-state index contributed by atoms with van der Waals surface area (Å²) in [5, 5.41) is 14.1. The molecular formula is C13H18F2N2O3. The zero-order valence-electron chi connectivity index (χ0n) is 11.4. The van der Waals surface area contributed by atoms with E-state index in [0.717, 1.165) is 19.2 Å². The van der Waals surface area contributed by atoms with Crippen LogP contribution in [-0.2, 0) is 0 Å². The number of benzene rings is 1. The summed E-state index contributed by atoms with van der Waals surface area (Å²) in [6.07, 6.45) is 0.527. The lowest BCUT2D eigenvalue weighted by Gasteiger charge is -2.11. The molecule has 0 aliphatic rings. The number of urea groups is 1. The molecule has 1 aromatic carbocycles. The molecule has 0 radical (unpaired) electrons. The molecule has 20 heavy (non-hydrogen) atoms. The van der Waals surface area contributed by atoms with E-state index in [4.69, 9.17) is 0 Å². The predicted octanol–water partition coefficient (Wildman–Crippen LogP) is 2.26. The molecule has 0 heterocycles. The van der Waals surface area contributed by atoms with Crippen LogP contribution in [0.3, 0.4) is 0 Å². The number of aliphatic hydroxyl groups is 1. The number of methoxy groups -OCH3 is 1. The van der Waals surface area contributed by atoms with E-state index < -0.39 is 29.5 Å². The summed E-state index contributed by atoms with van der Waals surface area (Å²) in [4.78, 5) is 11.5. The lowest BCUT2D eigenvalue weighted by atomic mass is 10.2. The van der Waals surface area contributed by atoms with Crippen LogP contribution in [0.1, 0.15) is 19.8 Å². The molecule has 7 heteroatoms. The Morgan fingerprint density at radius 1 is 1.40 bits per heavy atom. The van der Waals surface area contributed by atoms with E-state index in [1.165, 1.54) is 0 Å². The standard InChI is InChI=1S/C13H18F2N2O3/c1-3-9(18)4-5-16-13(19)17-8-6-10(14)12(20-2)11(15)7-8/h6-7,9,18H,3-5H2,1-2H3,(H2,16,17,19). The summed E-state index contributed by atoms with van der Waals surface area (Å²) in [7, 11) is 1.15. The van der Waals surface area contributed by atoms with Gasteiger partial charge in [0.1, 0.15) is 0 Å².